The highest BCUT2D eigenvalue weighted by Gasteiger charge is 2.15. The normalized spacial score (nSPS) is 11.4. The van der Waals surface area contributed by atoms with Crippen LogP contribution < -0.4 is 16.0 Å². The van der Waals surface area contributed by atoms with Gasteiger partial charge >= 0.3 is 0 Å². The summed E-state index contributed by atoms with van der Waals surface area (Å²) >= 11 is 0.880. The van der Waals surface area contributed by atoms with E-state index in [9.17, 15) is 18.0 Å². The lowest BCUT2D eigenvalue weighted by Crippen LogP contribution is -2.20. The van der Waals surface area contributed by atoms with Gasteiger partial charge in [0.25, 0.3) is 11.5 Å². The van der Waals surface area contributed by atoms with Crippen molar-refractivity contribution in [2.45, 2.75) is 24.1 Å². The van der Waals surface area contributed by atoms with Crippen LogP contribution in [-0.2, 0) is 16.6 Å². The minimum absolute atomic E-state index is 0.0754. The van der Waals surface area contributed by atoms with Crippen molar-refractivity contribution >= 4 is 33.0 Å². The molecule has 0 aliphatic carbocycles. The first kappa shape index (κ1) is 16.4. The highest BCUT2D eigenvalue weighted by Crippen LogP contribution is 2.19. The van der Waals surface area contributed by atoms with E-state index in [0.29, 0.717) is 12.2 Å². The van der Waals surface area contributed by atoms with Gasteiger partial charge in [-0.3, -0.25) is 9.59 Å². The number of hydrogen-bond donors (Lipinski definition) is 2. The lowest BCUT2D eigenvalue weighted by atomic mass is 10.3. The maximum absolute atomic E-state index is 12.1. The van der Waals surface area contributed by atoms with Crippen molar-refractivity contribution in [3.05, 3.63) is 45.7 Å². The van der Waals surface area contributed by atoms with E-state index >= 15 is 0 Å². The molecule has 3 N–H and O–H groups in total. The van der Waals surface area contributed by atoms with Crippen LogP contribution in [0.2, 0.25) is 0 Å². The van der Waals surface area contributed by atoms with Crippen LogP contribution in [0.15, 0.2) is 38.8 Å². The van der Waals surface area contributed by atoms with Crippen LogP contribution in [0.5, 0.6) is 0 Å². The van der Waals surface area contributed by atoms with Crippen molar-refractivity contribution in [1.29, 1.82) is 0 Å². The first-order valence-corrected chi connectivity index (χ1v) is 8.87. The molecule has 0 unspecified atom stereocenters. The Bertz CT molecular complexity index is 852. The first-order valence-electron chi connectivity index (χ1n) is 6.44. The molecule has 0 saturated heterocycles. The highest BCUT2D eigenvalue weighted by atomic mass is 32.2. The number of nitrogens with zero attached hydrogens (tertiary/aromatic N) is 1. The van der Waals surface area contributed by atoms with E-state index in [-0.39, 0.29) is 15.3 Å². The fourth-order valence-corrected chi connectivity index (χ4v) is 3.39. The van der Waals surface area contributed by atoms with Crippen LogP contribution in [0.25, 0.3) is 0 Å². The van der Waals surface area contributed by atoms with Crippen LogP contribution in [0.3, 0.4) is 0 Å². The molecule has 0 atom stereocenters. The average Bonchev–Trinajstić information content (AvgIpc) is 2.92. The third-order valence-corrected chi connectivity index (χ3v) is 5.21. The number of aryl methyl sites for hydroxylation is 1. The number of pyridine rings is 1. The molecule has 0 saturated carbocycles. The average molecular weight is 341 g/mol. The fraction of sp³-hybridized carbons (Fsp3) is 0.231. The van der Waals surface area contributed by atoms with Crippen molar-refractivity contribution in [2.24, 2.45) is 5.14 Å². The highest BCUT2D eigenvalue weighted by molar-refractivity contribution is 7.91. The summed E-state index contributed by atoms with van der Waals surface area (Å²) in [5, 5.41) is 9.04. The molecule has 0 bridgehead atoms. The van der Waals surface area contributed by atoms with E-state index in [1.54, 1.807) is 6.20 Å². The summed E-state index contributed by atoms with van der Waals surface area (Å²) in [6.07, 6.45) is 2.34. The van der Waals surface area contributed by atoms with Gasteiger partial charge in [0.15, 0.2) is 0 Å². The van der Waals surface area contributed by atoms with Gasteiger partial charge < -0.3 is 9.88 Å². The van der Waals surface area contributed by atoms with Crippen molar-refractivity contribution in [2.75, 3.05) is 5.32 Å². The van der Waals surface area contributed by atoms with Gasteiger partial charge in [-0.25, -0.2) is 13.6 Å². The monoisotopic (exact) mass is 341 g/mol. The second-order valence-electron chi connectivity index (χ2n) is 4.60. The van der Waals surface area contributed by atoms with Crippen molar-refractivity contribution in [1.82, 2.24) is 4.57 Å². The van der Waals surface area contributed by atoms with E-state index < -0.39 is 15.9 Å². The number of carbonyl (C=O) groups excluding carboxylic acids is 1. The molecule has 0 aliphatic heterocycles. The van der Waals surface area contributed by atoms with Crippen LogP contribution in [0.1, 0.15) is 23.7 Å². The Morgan fingerprint density at radius 2 is 2.14 bits per heavy atom. The Hall–Kier alpha value is -1.97. The zero-order valence-corrected chi connectivity index (χ0v) is 13.4. The topological polar surface area (TPSA) is 111 Å². The Morgan fingerprint density at radius 1 is 1.41 bits per heavy atom. The van der Waals surface area contributed by atoms with Crippen molar-refractivity contribution < 1.29 is 13.2 Å². The van der Waals surface area contributed by atoms with Crippen LogP contribution >= 0.6 is 11.3 Å². The number of hydrogen-bond acceptors (Lipinski definition) is 5. The van der Waals surface area contributed by atoms with E-state index in [0.717, 1.165) is 17.8 Å². The zero-order chi connectivity index (χ0) is 16.3. The zero-order valence-electron chi connectivity index (χ0n) is 11.8. The van der Waals surface area contributed by atoms with Gasteiger partial charge in [-0.2, -0.15) is 0 Å². The minimum Gasteiger partial charge on any atom is -0.321 e. The van der Waals surface area contributed by atoms with Crippen molar-refractivity contribution in [3.8, 4) is 0 Å². The Labute approximate surface area is 131 Å². The molecule has 2 aromatic rings. The third kappa shape index (κ3) is 3.81. The van der Waals surface area contributed by atoms with Gasteiger partial charge in [0.05, 0.1) is 11.3 Å². The number of thiophene rings is 1. The second kappa shape index (κ2) is 6.42. The number of primary sulfonamides is 1. The first-order chi connectivity index (χ1) is 10.3. The molecule has 9 heteroatoms. The molecule has 0 spiro atoms. The predicted molar refractivity (Wildman–Crippen MR) is 84.6 cm³/mol. The largest absolute Gasteiger partial charge is 0.321 e. The Morgan fingerprint density at radius 3 is 2.73 bits per heavy atom. The molecule has 2 rings (SSSR count). The van der Waals surface area contributed by atoms with E-state index in [2.05, 4.69) is 5.32 Å². The summed E-state index contributed by atoms with van der Waals surface area (Å²) < 4.78 is 23.8. The summed E-state index contributed by atoms with van der Waals surface area (Å²) in [7, 11) is -3.81. The maximum Gasteiger partial charge on any atom is 0.256 e. The maximum atomic E-state index is 12.1. The number of amides is 1. The lowest BCUT2D eigenvalue weighted by molar-refractivity contribution is 0.102. The molecule has 1 amide bonds. The number of sulfonamides is 1. The summed E-state index contributed by atoms with van der Waals surface area (Å²) in [4.78, 5) is 23.7. The summed E-state index contributed by atoms with van der Waals surface area (Å²) in [6, 6.07) is 4.09. The molecule has 0 aliphatic rings. The third-order valence-electron chi connectivity index (χ3n) is 2.82. The van der Waals surface area contributed by atoms with Gasteiger partial charge in [-0.1, -0.05) is 6.92 Å². The molecule has 2 aromatic heterocycles. The number of nitrogens with two attached hydrogens (primary N) is 1. The molecular weight excluding hydrogens is 326 g/mol. The molecule has 0 fully saturated rings. The fourth-order valence-electron chi connectivity index (χ4n) is 1.81. The smallest absolute Gasteiger partial charge is 0.256 e. The van der Waals surface area contributed by atoms with Gasteiger partial charge in [0.2, 0.25) is 10.0 Å². The standard InChI is InChI=1S/C13H15N3O4S2/c1-2-5-16-7-10(3-4-11(16)17)15-13(18)9-6-12(21-8-9)22(14,19)20/h3-4,6-8H,2,5H2,1H3,(H,15,18)(H2,14,19,20). The van der Waals surface area contributed by atoms with Gasteiger partial charge in [0, 0.05) is 24.2 Å². The Kier molecular flexibility index (Phi) is 4.79. The number of anilines is 1. The van der Waals surface area contributed by atoms with E-state index in [1.165, 1.54) is 28.1 Å². The van der Waals surface area contributed by atoms with Crippen molar-refractivity contribution in [3.63, 3.8) is 0 Å². The molecule has 2 heterocycles. The Balaban J connectivity index is 2.20. The number of aromatic nitrogens is 1. The van der Waals surface area contributed by atoms with Gasteiger partial charge in [-0.05, 0) is 18.6 Å². The van der Waals surface area contributed by atoms with E-state index in [4.69, 9.17) is 5.14 Å². The number of rotatable bonds is 5. The quantitative estimate of drug-likeness (QED) is 0.851. The summed E-state index contributed by atoms with van der Waals surface area (Å²) in [6.45, 7) is 2.49. The van der Waals surface area contributed by atoms with Gasteiger partial charge in [0.1, 0.15) is 4.21 Å². The van der Waals surface area contributed by atoms with E-state index in [1.807, 2.05) is 6.92 Å². The SMILES string of the molecule is CCCn1cc(NC(=O)c2csc(S(N)(=O)=O)c2)ccc1=O. The van der Waals surface area contributed by atoms with Crippen LogP contribution in [-0.4, -0.2) is 18.9 Å². The molecule has 7 nitrogen and oxygen atoms in total. The minimum atomic E-state index is -3.81. The van der Waals surface area contributed by atoms with Gasteiger partial charge in [-0.15, -0.1) is 11.3 Å². The molecule has 118 valence electrons. The summed E-state index contributed by atoms with van der Waals surface area (Å²) in [5.74, 6) is -0.465. The molecule has 0 aromatic carbocycles. The summed E-state index contributed by atoms with van der Waals surface area (Å²) in [5.41, 5.74) is 0.510. The lowest BCUT2D eigenvalue weighted by Gasteiger charge is -2.08. The van der Waals surface area contributed by atoms with Crippen LogP contribution in [0.4, 0.5) is 5.69 Å². The molecular formula is C13H15N3O4S2. The second-order valence-corrected chi connectivity index (χ2v) is 7.30. The number of nitrogens with one attached hydrogen (secondary N) is 1. The molecule has 0 radical (unpaired) electrons. The number of carbonyl (C=O) groups is 1. The molecule has 22 heavy (non-hydrogen) atoms. The predicted octanol–water partition coefficient (Wildman–Crippen LogP) is 1.22. The van der Waals surface area contributed by atoms with Crippen LogP contribution in [0, 0.1) is 0 Å².